The molecule has 0 spiro atoms. The molecule has 4 aromatic rings. The standard InChI is InChI=1S/2C12H14N2Si.2H2O.Ru/c2*1-15(2)10-6-7-12(14-9-10)11-5-3-4-8-13-11;;;/h2*3-9,15H,1-2H3;2*1H2;/q;;;;+2/p-2. The van der Waals surface area contributed by atoms with Gasteiger partial charge in [0.25, 0.3) is 0 Å². The van der Waals surface area contributed by atoms with E-state index in [1.165, 1.54) is 10.4 Å². The number of hydrogen-bond donors (Lipinski definition) is 2. The number of pyridine rings is 4. The predicted octanol–water partition coefficient (Wildman–Crippen LogP) is 2.56. The van der Waals surface area contributed by atoms with Crippen molar-refractivity contribution in [3.8, 4) is 22.8 Å². The Hall–Kier alpha value is -2.42. The molecule has 33 heavy (non-hydrogen) atoms. The second kappa shape index (κ2) is 14.7. The molecule has 0 aliphatic carbocycles. The summed E-state index contributed by atoms with van der Waals surface area (Å²) in [7, 11) is -1.45. The molecule has 0 atom stereocenters. The van der Waals surface area contributed by atoms with Crippen molar-refractivity contribution in [2.75, 3.05) is 0 Å². The molecule has 0 saturated carbocycles. The molecule has 0 saturated heterocycles. The summed E-state index contributed by atoms with van der Waals surface area (Å²) in [6.07, 6.45) is 7.56. The normalized spacial score (nSPS) is 10.3. The van der Waals surface area contributed by atoms with Crippen LogP contribution in [-0.4, -0.2) is 45.4 Å². The van der Waals surface area contributed by atoms with E-state index in [1.807, 2.05) is 48.8 Å². The molecular formula is C24H30N4O2RuSi2. The average Bonchev–Trinajstić information content (AvgIpc) is 2.86. The number of rotatable bonds is 4. The van der Waals surface area contributed by atoms with Crippen LogP contribution < -0.4 is 10.4 Å². The van der Waals surface area contributed by atoms with E-state index < -0.39 is 35.4 Å². The second-order valence-corrected chi connectivity index (χ2v) is 14.1. The first-order valence-electron chi connectivity index (χ1n) is 10.6. The number of nitrogens with zero attached hydrogens (tertiary/aromatic N) is 4. The monoisotopic (exact) mass is 564 g/mol. The van der Waals surface area contributed by atoms with Crippen LogP contribution >= 0.6 is 0 Å². The summed E-state index contributed by atoms with van der Waals surface area (Å²) in [5.41, 5.74) is 3.78. The van der Waals surface area contributed by atoms with Crippen molar-refractivity contribution < 1.29 is 25.7 Å². The Labute approximate surface area is 207 Å². The molecule has 2 N–H and O–H groups in total. The van der Waals surface area contributed by atoms with Gasteiger partial charge in [-0.05, 0) is 46.8 Å². The minimum absolute atomic E-state index is 0.726. The summed E-state index contributed by atoms with van der Waals surface area (Å²) in [5.74, 6) is 0. The van der Waals surface area contributed by atoms with Crippen LogP contribution in [0.2, 0.25) is 26.2 Å². The first-order chi connectivity index (χ1) is 16.0. The third-order valence-corrected chi connectivity index (χ3v) is 8.11. The first kappa shape index (κ1) is 26.8. The molecule has 4 heterocycles. The SMILES string of the molecule is C[SiH](C)c1ccc(-c2ccccn2)nc1.C[SiH](C)c1ccc(-c2ccccn2)nc1.[OH][Ru][OH]. The Balaban J connectivity index is 0.000000209. The van der Waals surface area contributed by atoms with Gasteiger partial charge in [-0.1, -0.05) is 50.5 Å². The van der Waals surface area contributed by atoms with Crippen LogP contribution in [0.25, 0.3) is 22.8 Å². The average molecular weight is 564 g/mol. The fraction of sp³-hybridized carbons (Fsp3) is 0.167. The van der Waals surface area contributed by atoms with Gasteiger partial charge in [-0.25, -0.2) is 0 Å². The van der Waals surface area contributed by atoms with Crippen LogP contribution in [0.1, 0.15) is 0 Å². The predicted molar refractivity (Wildman–Crippen MR) is 136 cm³/mol. The van der Waals surface area contributed by atoms with Gasteiger partial charge < -0.3 is 0 Å². The van der Waals surface area contributed by atoms with Crippen molar-refractivity contribution in [1.29, 1.82) is 0 Å². The van der Waals surface area contributed by atoms with Crippen LogP contribution in [-0.2, 0) is 17.8 Å². The van der Waals surface area contributed by atoms with Gasteiger partial charge in [-0.3, -0.25) is 19.9 Å². The van der Waals surface area contributed by atoms with E-state index in [0.29, 0.717) is 0 Å². The summed E-state index contributed by atoms with van der Waals surface area (Å²) in [6, 6.07) is 20.2. The third-order valence-electron chi connectivity index (χ3n) is 4.76. The Morgan fingerprint density at radius 3 is 1.15 bits per heavy atom. The molecule has 0 bridgehead atoms. The van der Waals surface area contributed by atoms with Gasteiger partial charge in [-0.15, -0.1) is 0 Å². The molecule has 0 unspecified atom stereocenters. The molecule has 0 aliphatic heterocycles. The van der Waals surface area contributed by atoms with Crippen molar-refractivity contribution >= 4 is 28.0 Å². The zero-order valence-corrected chi connectivity index (χ0v) is 23.3. The van der Waals surface area contributed by atoms with Crippen molar-refractivity contribution in [1.82, 2.24) is 19.9 Å². The zero-order chi connectivity index (χ0) is 24.1. The topological polar surface area (TPSA) is 92.0 Å². The molecule has 9 heteroatoms. The summed E-state index contributed by atoms with van der Waals surface area (Å²) < 4.78 is 14.4. The number of hydrogen-bond acceptors (Lipinski definition) is 6. The fourth-order valence-electron chi connectivity index (χ4n) is 2.83. The van der Waals surface area contributed by atoms with Gasteiger partial charge in [-0.2, -0.15) is 0 Å². The third kappa shape index (κ3) is 9.15. The molecule has 4 rings (SSSR count). The van der Waals surface area contributed by atoms with Crippen LogP contribution in [0, 0.1) is 0 Å². The molecule has 0 aromatic carbocycles. The number of aromatic nitrogens is 4. The minimum atomic E-state index is -1.29. The van der Waals surface area contributed by atoms with Crippen molar-refractivity contribution in [3.05, 3.63) is 85.5 Å². The van der Waals surface area contributed by atoms with Gasteiger partial charge >= 0.3 is 25.7 Å². The van der Waals surface area contributed by atoms with Gasteiger partial charge in [0.1, 0.15) is 0 Å². The van der Waals surface area contributed by atoms with Crippen molar-refractivity contribution in [3.63, 3.8) is 0 Å². The maximum absolute atomic E-state index is 7.22. The van der Waals surface area contributed by atoms with E-state index in [-0.39, 0.29) is 0 Å². The van der Waals surface area contributed by atoms with Crippen LogP contribution in [0.4, 0.5) is 0 Å². The Morgan fingerprint density at radius 2 is 0.909 bits per heavy atom. The summed E-state index contributed by atoms with van der Waals surface area (Å²) in [4.78, 5) is 17.4. The maximum atomic E-state index is 7.22. The quantitative estimate of drug-likeness (QED) is 0.371. The van der Waals surface area contributed by atoms with E-state index in [0.717, 1.165) is 22.8 Å². The Bertz CT molecular complexity index is 966. The fourth-order valence-corrected chi connectivity index (χ4v) is 4.53. The molecule has 4 aromatic heterocycles. The van der Waals surface area contributed by atoms with E-state index in [4.69, 9.17) is 7.87 Å². The second-order valence-electron chi connectivity index (χ2n) is 7.76. The van der Waals surface area contributed by atoms with Gasteiger partial charge in [0.15, 0.2) is 0 Å². The van der Waals surface area contributed by atoms with Crippen LogP contribution in [0.3, 0.4) is 0 Å². The Morgan fingerprint density at radius 1 is 0.545 bits per heavy atom. The van der Waals surface area contributed by atoms with E-state index in [9.17, 15) is 0 Å². The van der Waals surface area contributed by atoms with Crippen molar-refractivity contribution in [2.24, 2.45) is 0 Å². The molecule has 174 valence electrons. The zero-order valence-electron chi connectivity index (χ0n) is 19.3. The van der Waals surface area contributed by atoms with Crippen LogP contribution in [0.15, 0.2) is 85.5 Å². The van der Waals surface area contributed by atoms with E-state index in [2.05, 4.69) is 70.4 Å². The molecule has 6 nitrogen and oxygen atoms in total. The first-order valence-corrected chi connectivity index (χ1v) is 17.9. The molecule has 0 fully saturated rings. The Kier molecular flexibility index (Phi) is 11.9. The molecule has 0 amide bonds. The molecule has 0 radical (unpaired) electrons. The van der Waals surface area contributed by atoms with E-state index in [1.54, 1.807) is 12.4 Å². The van der Waals surface area contributed by atoms with Gasteiger partial charge in [0.2, 0.25) is 0 Å². The van der Waals surface area contributed by atoms with Gasteiger partial charge in [0, 0.05) is 24.8 Å². The van der Waals surface area contributed by atoms with Crippen LogP contribution in [0.5, 0.6) is 0 Å². The summed E-state index contributed by atoms with van der Waals surface area (Å²) in [6.45, 7) is 9.21. The van der Waals surface area contributed by atoms with Crippen molar-refractivity contribution in [2.45, 2.75) is 26.2 Å². The summed E-state index contributed by atoms with van der Waals surface area (Å²) >= 11 is -1.29. The molecular weight excluding hydrogens is 534 g/mol. The molecule has 0 aliphatic rings. The summed E-state index contributed by atoms with van der Waals surface area (Å²) in [5, 5.41) is 2.80. The van der Waals surface area contributed by atoms with E-state index >= 15 is 0 Å². The van der Waals surface area contributed by atoms with Gasteiger partial charge in [0.05, 0.1) is 40.4 Å².